The van der Waals surface area contributed by atoms with E-state index in [1.807, 2.05) is 36.4 Å². The third-order valence-corrected chi connectivity index (χ3v) is 5.01. The molecule has 3 rings (SSSR count). The third kappa shape index (κ3) is 3.40. The molecule has 1 unspecified atom stereocenters. The van der Waals surface area contributed by atoms with E-state index in [0.717, 1.165) is 36.8 Å². The van der Waals surface area contributed by atoms with Crippen LogP contribution in [0.5, 0.6) is 0 Å². The maximum absolute atomic E-state index is 13.5. The molecule has 27 heavy (non-hydrogen) atoms. The normalized spacial score (nSPS) is 22.3. The number of allylic oxidation sites excluding steroid dienone is 2. The second-order valence-corrected chi connectivity index (χ2v) is 6.90. The SMILES string of the molecule is CCC/C=C1/c2ccccc2/C(=C\CCC)C(=O)C1(O)c1ccc(F)cc1. The Balaban J connectivity index is 2.30. The molecule has 0 radical (unpaired) electrons. The predicted octanol–water partition coefficient (Wildman–Crippen LogP) is 5.66. The Hall–Kier alpha value is -2.52. The first-order valence-corrected chi connectivity index (χ1v) is 9.57. The lowest BCUT2D eigenvalue weighted by atomic mass is 9.69. The van der Waals surface area contributed by atoms with Crippen molar-refractivity contribution >= 4 is 16.9 Å². The van der Waals surface area contributed by atoms with E-state index in [0.29, 0.717) is 16.7 Å². The zero-order valence-corrected chi connectivity index (χ0v) is 15.8. The highest BCUT2D eigenvalue weighted by atomic mass is 19.1. The number of hydrogen-bond acceptors (Lipinski definition) is 2. The molecule has 140 valence electrons. The molecule has 1 N–H and O–H groups in total. The van der Waals surface area contributed by atoms with Gasteiger partial charge in [-0.05, 0) is 47.2 Å². The topological polar surface area (TPSA) is 37.3 Å². The average molecular weight is 364 g/mol. The monoisotopic (exact) mass is 364 g/mol. The van der Waals surface area contributed by atoms with Gasteiger partial charge in [-0.25, -0.2) is 4.39 Å². The molecule has 3 heteroatoms. The molecule has 0 aliphatic heterocycles. The standard InChI is InChI=1S/C24H25FO2/c1-3-5-9-21-19-10-7-8-11-20(19)22(12-6-4-2)24(27,23(21)26)17-13-15-18(25)16-14-17/h7-16,27H,3-6H2,1-2H3/b21-9+,22-12-. The number of unbranched alkanes of at least 4 members (excludes halogenated alkanes) is 2. The number of Topliss-reactive ketones (excluding diaryl/α,β-unsaturated/α-hetero) is 1. The lowest BCUT2D eigenvalue weighted by Crippen LogP contribution is -2.41. The van der Waals surface area contributed by atoms with Crippen LogP contribution in [0, 0.1) is 5.82 Å². The number of halogens is 1. The molecule has 2 nitrogen and oxygen atoms in total. The van der Waals surface area contributed by atoms with Crippen LogP contribution in [-0.2, 0) is 10.4 Å². The average Bonchev–Trinajstić information content (AvgIpc) is 2.68. The first kappa shape index (κ1) is 19.2. The van der Waals surface area contributed by atoms with Crippen molar-refractivity contribution in [3.63, 3.8) is 0 Å². The minimum Gasteiger partial charge on any atom is -0.373 e. The molecule has 2 aromatic carbocycles. The molecule has 0 bridgehead atoms. The van der Waals surface area contributed by atoms with Gasteiger partial charge in [0.25, 0.3) is 0 Å². The van der Waals surface area contributed by atoms with Gasteiger partial charge in [-0.3, -0.25) is 4.79 Å². The second kappa shape index (κ2) is 8.01. The summed E-state index contributed by atoms with van der Waals surface area (Å²) in [7, 11) is 0. The Kier molecular flexibility index (Phi) is 5.71. The summed E-state index contributed by atoms with van der Waals surface area (Å²) in [5, 5.41) is 11.7. The summed E-state index contributed by atoms with van der Waals surface area (Å²) < 4.78 is 13.5. The van der Waals surface area contributed by atoms with E-state index in [9.17, 15) is 14.3 Å². The van der Waals surface area contributed by atoms with E-state index in [2.05, 4.69) is 13.8 Å². The van der Waals surface area contributed by atoms with Gasteiger partial charge in [0.05, 0.1) is 0 Å². The molecule has 0 spiro atoms. The highest BCUT2D eigenvalue weighted by Gasteiger charge is 2.47. The first-order chi connectivity index (χ1) is 13.0. The van der Waals surface area contributed by atoms with E-state index in [-0.39, 0.29) is 5.78 Å². The van der Waals surface area contributed by atoms with Crippen molar-refractivity contribution in [1.29, 1.82) is 0 Å². The molecule has 0 heterocycles. The number of carbonyl (C=O) groups excluding carboxylic acids is 1. The van der Waals surface area contributed by atoms with Crippen LogP contribution < -0.4 is 0 Å². The Labute approximate surface area is 160 Å². The van der Waals surface area contributed by atoms with E-state index in [1.165, 1.54) is 24.3 Å². The van der Waals surface area contributed by atoms with Crippen LogP contribution in [0.1, 0.15) is 56.2 Å². The van der Waals surface area contributed by atoms with Crippen LogP contribution in [0.4, 0.5) is 4.39 Å². The van der Waals surface area contributed by atoms with Crippen LogP contribution in [0.25, 0.3) is 11.1 Å². The van der Waals surface area contributed by atoms with Gasteiger partial charge in [-0.2, -0.15) is 0 Å². The number of fused-ring (bicyclic) bond motifs is 1. The summed E-state index contributed by atoms with van der Waals surface area (Å²) in [5.41, 5.74) is 1.42. The fourth-order valence-electron chi connectivity index (χ4n) is 3.60. The molecule has 2 aromatic rings. The zero-order chi connectivity index (χ0) is 19.4. The smallest absolute Gasteiger partial charge is 0.203 e. The predicted molar refractivity (Wildman–Crippen MR) is 108 cm³/mol. The summed E-state index contributed by atoms with van der Waals surface area (Å²) in [6.07, 6.45) is 7.16. The molecule has 1 aliphatic rings. The van der Waals surface area contributed by atoms with Gasteiger partial charge in [0, 0.05) is 5.57 Å². The number of hydrogen-bond donors (Lipinski definition) is 1. The van der Waals surface area contributed by atoms with Crippen molar-refractivity contribution in [2.45, 2.75) is 45.1 Å². The van der Waals surface area contributed by atoms with Crippen molar-refractivity contribution in [2.75, 3.05) is 0 Å². The third-order valence-electron chi connectivity index (χ3n) is 5.01. The number of benzene rings is 2. The molecule has 0 aromatic heterocycles. The highest BCUT2D eigenvalue weighted by Crippen LogP contribution is 2.47. The van der Waals surface area contributed by atoms with E-state index in [4.69, 9.17) is 0 Å². The summed E-state index contributed by atoms with van der Waals surface area (Å²) in [4.78, 5) is 13.5. The van der Waals surface area contributed by atoms with Gasteiger partial charge >= 0.3 is 0 Å². The van der Waals surface area contributed by atoms with Gasteiger partial charge in [0.2, 0.25) is 5.78 Å². The number of aliphatic hydroxyl groups is 1. The van der Waals surface area contributed by atoms with Crippen LogP contribution >= 0.6 is 0 Å². The highest BCUT2D eigenvalue weighted by molar-refractivity contribution is 6.32. The molecular weight excluding hydrogens is 339 g/mol. The minimum absolute atomic E-state index is 0.344. The summed E-state index contributed by atoms with van der Waals surface area (Å²) >= 11 is 0. The molecule has 0 amide bonds. The number of rotatable bonds is 5. The quantitative estimate of drug-likeness (QED) is 0.695. The van der Waals surface area contributed by atoms with Crippen molar-refractivity contribution in [2.24, 2.45) is 0 Å². The Morgan fingerprint density at radius 1 is 0.926 bits per heavy atom. The molecule has 1 atom stereocenters. The van der Waals surface area contributed by atoms with Crippen molar-refractivity contribution in [1.82, 2.24) is 0 Å². The van der Waals surface area contributed by atoms with Gasteiger partial charge in [0.1, 0.15) is 5.82 Å². The fourth-order valence-corrected chi connectivity index (χ4v) is 3.60. The molecule has 0 saturated heterocycles. The van der Waals surface area contributed by atoms with Gasteiger partial charge in [0.15, 0.2) is 5.60 Å². The maximum Gasteiger partial charge on any atom is 0.203 e. The lowest BCUT2D eigenvalue weighted by Gasteiger charge is -2.37. The van der Waals surface area contributed by atoms with Crippen molar-refractivity contribution in [3.8, 4) is 0 Å². The van der Waals surface area contributed by atoms with Gasteiger partial charge in [-0.1, -0.05) is 75.2 Å². The van der Waals surface area contributed by atoms with E-state index < -0.39 is 11.4 Å². The van der Waals surface area contributed by atoms with E-state index in [1.54, 1.807) is 0 Å². The molecule has 0 saturated carbocycles. The largest absolute Gasteiger partial charge is 0.373 e. The van der Waals surface area contributed by atoms with Crippen molar-refractivity contribution < 1.29 is 14.3 Å². The molecule has 1 aliphatic carbocycles. The fraction of sp³-hybridized carbons (Fsp3) is 0.292. The number of ketones is 1. The van der Waals surface area contributed by atoms with Gasteiger partial charge in [-0.15, -0.1) is 0 Å². The minimum atomic E-state index is -1.81. The summed E-state index contributed by atoms with van der Waals surface area (Å²) in [6.45, 7) is 4.10. The first-order valence-electron chi connectivity index (χ1n) is 9.57. The van der Waals surface area contributed by atoms with Crippen LogP contribution in [0.3, 0.4) is 0 Å². The lowest BCUT2D eigenvalue weighted by molar-refractivity contribution is -0.126. The summed E-state index contributed by atoms with van der Waals surface area (Å²) in [5.74, 6) is -0.740. The molecule has 0 fully saturated rings. The maximum atomic E-state index is 13.5. The Bertz CT molecular complexity index is 893. The Morgan fingerprint density at radius 2 is 1.52 bits per heavy atom. The zero-order valence-electron chi connectivity index (χ0n) is 15.8. The number of carbonyl (C=O) groups is 1. The Morgan fingerprint density at radius 3 is 2.15 bits per heavy atom. The van der Waals surface area contributed by atoms with E-state index >= 15 is 0 Å². The summed E-state index contributed by atoms with van der Waals surface area (Å²) in [6, 6.07) is 13.3. The van der Waals surface area contributed by atoms with Gasteiger partial charge < -0.3 is 5.11 Å². The van der Waals surface area contributed by atoms with Crippen LogP contribution in [-0.4, -0.2) is 10.9 Å². The second-order valence-electron chi connectivity index (χ2n) is 6.90. The van der Waals surface area contributed by atoms with Crippen LogP contribution in [0.2, 0.25) is 0 Å². The van der Waals surface area contributed by atoms with Crippen molar-refractivity contribution in [3.05, 3.63) is 83.2 Å². The molecular formula is C24H25FO2. The van der Waals surface area contributed by atoms with Crippen LogP contribution in [0.15, 0.2) is 60.7 Å².